The van der Waals surface area contributed by atoms with Crippen LogP contribution in [0.4, 0.5) is 0 Å². The fourth-order valence-corrected chi connectivity index (χ4v) is 2.66. The second-order valence-electron chi connectivity index (χ2n) is 6.00. The molecule has 1 aromatic heterocycles. The highest BCUT2D eigenvalue weighted by atomic mass is 32.2. The van der Waals surface area contributed by atoms with E-state index in [1.807, 2.05) is 19.4 Å². The Morgan fingerprint density at radius 1 is 1.60 bits per heavy atom. The first-order valence-corrected chi connectivity index (χ1v) is 8.17. The van der Waals surface area contributed by atoms with Crippen LogP contribution in [0.3, 0.4) is 0 Å². The highest BCUT2D eigenvalue weighted by molar-refractivity contribution is 7.99. The number of hydrogen-bond donors (Lipinski definition) is 2. The molecular formula is C14H24N4OS. The number of thioether (sulfide) groups is 1. The van der Waals surface area contributed by atoms with Crippen LogP contribution in [0, 0.1) is 5.92 Å². The molecule has 2 atom stereocenters. The van der Waals surface area contributed by atoms with E-state index in [0.717, 1.165) is 18.7 Å². The number of amides is 1. The third-order valence-corrected chi connectivity index (χ3v) is 5.19. The molecule has 20 heavy (non-hydrogen) atoms. The fourth-order valence-electron chi connectivity index (χ4n) is 2.44. The molecule has 2 rings (SSSR count). The summed E-state index contributed by atoms with van der Waals surface area (Å²) in [5.41, 5.74) is 1.14. The maximum Gasteiger partial charge on any atom is 0.225 e. The van der Waals surface area contributed by atoms with Gasteiger partial charge in [-0.2, -0.15) is 16.9 Å². The highest BCUT2D eigenvalue weighted by Crippen LogP contribution is 2.28. The van der Waals surface area contributed by atoms with Crippen molar-refractivity contribution in [1.29, 1.82) is 0 Å². The maximum atomic E-state index is 12.4. The molecule has 1 aromatic rings. The van der Waals surface area contributed by atoms with E-state index in [1.54, 1.807) is 16.4 Å². The lowest BCUT2D eigenvalue weighted by molar-refractivity contribution is -0.124. The van der Waals surface area contributed by atoms with Crippen molar-refractivity contribution < 1.29 is 4.79 Å². The van der Waals surface area contributed by atoms with Gasteiger partial charge in [0.05, 0.1) is 12.1 Å². The fraction of sp³-hybridized carbons (Fsp3) is 0.714. The Labute approximate surface area is 124 Å². The van der Waals surface area contributed by atoms with Crippen LogP contribution in [-0.4, -0.2) is 46.3 Å². The molecule has 1 aliphatic heterocycles. The first-order valence-electron chi connectivity index (χ1n) is 6.95. The van der Waals surface area contributed by atoms with Crippen LogP contribution in [0.2, 0.25) is 0 Å². The molecule has 0 spiro atoms. The van der Waals surface area contributed by atoms with E-state index >= 15 is 0 Å². The van der Waals surface area contributed by atoms with Crippen LogP contribution in [0.15, 0.2) is 12.4 Å². The standard InChI is InChI=1S/C14H24N4OS/c1-14(2,20-4)9-16-13(19)12-7-15-6-11(12)10-5-17-18(3)8-10/h5,8,11-12,15H,6-7,9H2,1-4H3,(H,16,19)/t11-,12+/m1/s1. The Balaban J connectivity index is 1.98. The Morgan fingerprint density at radius 2 is 2.35 bits per heavy atom. The first-order chi connectivity index (χ1) is 9.43. The summed E-state index contributed by atoms with van der Waals surface area (Å²) in [5.74, 6) is 0.365. The molecule has 6 heteroatoms. The minimum absolute atomic E-state index is 0.00291. The van der Waals surface area contributed by atoms with Gasteiger partial charge in [0, 0.05) is 43.5 Å². The molecule has 0 aliphatic carbocycles. The summed E-state index contributed by atoms with van der Waals surface area (Å²) in [4.78, 5) is 12.4. The molecular weight excluding hydrogens is 272 g/mol. The van der Waals surface area contributed by atoms with Crippen LogP contribution in [-0.2, 0) is 11.8 Å². The molecule has 5 nitrogen and oxygen atoms in total. The van der Waals surface area contributed by atoms with Crippen LogP contribution in [0.25, 0.3) is 0 Å². The SMILES string of the molecule is CSC(C)(C)CNC(=O)[C@H]1CNC[C@@H]1c1cnn(C)c1. The van der Waals surface area contributed by atoms with Crippen molar-refractivity contribution in [1.82, 2.24) is 20.4 Å². The number of aryl methyl sites for hydroxylation is 1. The molecule has 2 N–H and O–H groups in total. The van der Waals surface area contributed by atoms with Crippen LogP contribution < -0.4 is 10.6 Å². The minimum atomic E-state index is -0.00291. The lowest BCUT2D eigenvalue weighted by Gasteiger charge is -2.24. The van der Waals surface area contributed by atoms with Crippen molar-refractivity contribution in [2.24, 2.45) is 13.0 Å². The number of rotatable bonds is 5. The third kappa shape index (κ3) is 3.55. The van der Waals surface area contributed by atoms with Crippen molar-refractivity contribution in [2.75, 3.05) is 25.9 Å². The highest BCUT2D eigenvalue weighted by Gasteiger charge is 2.35. The summed E-state index contributed by atoms with van der Waals surface area (Å²) >= 11 is 1.77. The van der Waals surface area contributed by atoms with Gasteiger partial charge in [-0.3, -0.25) is 9.48 Å². The zero-order valence-corrected chi connectivity index (χ0v) is 13.5. The summed E-state index contributed by atoms with van der Waals surface area (Å²) in [5, 5.41) is 10.6. The predicted molar refractivity (Wildman–Crippen MR) is 82.9 cm³/mol. The molecule has 1 amide bonds. The van der Waals surface area contributed by atoms with Gasteiger partial charge in [0.15, 0.2) is 0 Å². The Morgan fingerprint density at radius 3 is 2.95 bits per heavy atom. The zero-order valence-electron chi connectivity index (χ0n) is 12.6. The van der Waals surface area contributed by atoms with E-state index < -0.39 is 0 Å². The molecule has 1 saturated heterocycles. The van der Waals surface area contributed by atoms with Gasteiger partial charge in [-0.25, -0.2) is 0 Å². The summed E-state index contributed by atoms with van der Waals surface area (Å²) in [7, 11) is 1.90. The maximum absolute atomic E-state index is 12.4. The van der Waals surface area contributed by atoms with Crippen LogP contribution in [0.5, 0.6) is 0 Å². The molecule has 0 unspecified atom stereocenters. The van der Waals surface area contributed by atoms with Crippen LogP contribution >= 0.6 is 11.8 Å². The van der Waals surface area contributed by atoms with Gasteiger partial charge >= 0.3 is 0 Å². The third-order valence-electron chi connectivity index (χ3n) is 3.94. The van der Waals surface area contributed by atoms with E-state index in [0.29, 0.717) is 6.54 Å². The van der Waals surface area contributed by atoms with Crippen molar-refractivity contribution in [2.45, 2.75) is 24.5 Å². The van der Waals surface area contributed by atoms with Crippen LogP contribution in [0.1, 0.15) is 25.3 Å². The number of aromatic nitrogens is 2. The summed E-state index contributed by atoms with van der Waals surface area (Å²) in [6.45, 7) is 6.57. The molecule has 1 fully saturated rings. The Bertz CT molecular complexity index is 471. The largest absolute Gasteiger partial charge is 0.354 e. The Kier molecular flexibility index (Phi) is 4.75. The minimum Gasteiger partial charge on any atom is -0.354 e. The number of carbonyl (C=O) groups excluding carboxylic acids is 1. The molecule has 0 aromatic carbocycles. The van der Waals surface area contributed by atoms with Gasteiger partial charge < -0.3 is 10.6 Å². The topological polar surface area (TPSA) is 59.0 Å². The second kappa shape index (κ2) is 6.18. The Hall–Kier alpha value is -1.01. The number of nitrogens with zero attached hydrogens (tertiary/aromatic N) is 2. The summed E-state index contributed by atoms with van der Waals surface area (Å²) in [6.07, 6.45) is 5.94. The number of hydrogen-bond acceptors (Lipinski definition) is 4. The molecule has 112 valence electrons. The predicted octanol–water partition coefficient (Wildman–Crippen LogP) is 0.981. The van der Waals surface area contributed by atoms with Gasteiger partial charge in [-0.15, -0.1) is 0 Å². The summed E-state index contributed by atoms with van der Waals surface area (Å²) in [6, 6.07) is 0. The van der Waals surface area contributed by atoms with Crippen molar-refractivity contribution in [3.63, 3.8) is 0 Å². The van der Waals surface area contributed by atoms with E-state index in [1.165, 1.54) is 0 Å². The molecule has 0 bridgehead atoms. The van der Waals surface area contributed by atoms with Gasteiger partial charge in [0.2, 0.25) is 5.91 Å². The van der Waals surface area contributed by atoms with E-state index in [2.05, 4.69) is 35.8 Å². The average Bonchev–Trinajstić information content (AvgIpc) is 3.04. The van der Waals surface area contributed by atoms with Gasteiger partial charge in [-0.05, 0) is 25.7 Å². The molecule has 0 radical (unpaired) electrons. The summed E-state index contributed by atoms with van der Waals surface area (Å²) < 4.78 is 1.87. The quantitative estimate of drug-likeness (QED) is 0.850. The molecule has 1 aliphatic rings. The lowest BCUT2D eigenvalue weighted by atomic mass is 9.90. The van der Waals surface area contributed by atoms with E-state index in [-0.39, 0.29) is 22.5 Å². The normalized spacial score (nSPS) is 23.0. The first kappa shape index (κ1) is 15.4. The number of carbonyl (C=O) groups is 1. The zero-order chi connectivity index (χ0) is 14.8. The average molecular weight is 296 g/mol. The monoisotopic (exact) mass is 296 g/mol. The smallest absolute Gasteiger partial charge is 0.225 e. The molecule has 0 saturated carbocycles. The van der Waals surface area contributed by atoms with Crippen molar-refractivity contribution >= 4 is 17.7 Å². The van der Waals surface area contributed by atoms with Gasteiger partial charge in [-0.1, -0.05) is 0 Å². The number of nitrogens with one attached hydrogen (secondary N) is 2. The van der Waals surface area contributed by atoms with E-state index in [4.69, 9.17) is 0 Å². The van der Waals surface area contributed by atoms with Crippen molar-refractivity contribution in [3.8, 4) is 0 Å². The van der Waals surface area contributed by atoms with E-state index in [9.17, 15) is 4.79 Å². The van der Waals surface area contributed by atoms with Crippen molar-refractivity contribution in [3.05, 3.63) is 18.0 Å². The van der Waals surface area contributed by atoms with Gasteiger partial charge in [0.1, 0.15) is 0 Å². The van der Waals surface area contributed by atoms with Gasteiger partial charge in [0.25, 0.3) is 0 Å². The lowest BCUT2D eigenvalue weighted by Crippen LogP contribution is -2.41. The molecule has 2 heterocycles. The second-order valence-corrected chi connectivity index (χ2v) is 7.51.